The van der Waals surface area contributed by atoms with Crippen LogP contribution in [0.25, 0.3) is 0 Å². The number of hydrogen-bond acceptors (Lipinski definition) is 3. The van der Waals surface area contributed by atoms with Crippen LogP contribution in [-0.4, -0.2) is 28.8 Å². The van der Waals surface area contributed by atoms with Gasteiger partial charge in [0.1, 0.15) is 0 Å². The van der Waals surface area contributed by atoms with Gasteiger partial charge in [-0.1, -0.05) is 18.2 Å². The Balaban J connectivity index is 1.72. The molecule has 1 aromatic carbocycles. The molecule has 2 rings (SSSR count). The Kier molecular flexibility index (Phi) is 5.72. The summed E-state index contributed by atoms with van der Waals surface area (Å²) >= 11 is 0. The minimum atomic E-state index is 0.00573. The van der Waals surface area contributed by atoms with Crippen molar-refractivity contribution in [3.8, 4) is 0 Å². The van der Waals surface area contributed by atoms with E-state index in [1.165, 1.54) is 11.1 Å². The highest BCUT2D eigenvalue weighted by Crippen LogP contribution is 2.16. The zero-order chi connectivity index (χ0) is 15.9. The third-order valence-electron chi connectivity index (χ3n) is 3.77. The van der Waals surface area contributed by atoms with E-state index in [1.807, 2.05) is 23.9 Å². The maximum atomic E-state index is 11.9. The summed E-state index contributed by atoms with van der Waals surface area (Å²) in [4.78, 5) is 11.9. The van der Waals surface area contributed by atoms with E-state index >= 15 is 0 Å². The van der Waals surface area contributed by atoms with E-state index in [2.05, 4.69) is 47.8 Å². The highest BCUT2D eigenvalue weighted by atomic mass is 16.1. The van der Waals surface area contributed by atoms with Crippen molar-refractivity contribution >= 4 is 5.91 Å². The van der Waals surface area contributed by atoms with Crippen LogP contribution in [0.15, 0.2) is 36.7 Å². The molecule has 1 atom stereocenters. The summed E-state index contributed by atoms with van der Waals surface area (Å²) in [5.74, 6) is 0.00573. The Hall–Kier alpha value is -2.14. The maximum Gasteiger partial charge on any atom is 0.234 e. The molecular formula is C17H24N4O. The Labute approximate surface area is 131 Å². The second kappa shape index (κ2) is 7.75. The van der Waals surface area contributed by atoms with Gasteiger partial charge in [-0.05, 0) is 43.5 Å². The van der Waals surface area contributed by atoms with E-state index in [-0.39, 0.29) is 11.9 Å². The Morgan fingerprint density at radius 2 is 2.14 bits per heavy atom. The fourth-order valence-corrected chi connectivity index (χ4v) is 2.24. The fourth-order valence-electron chi connectivity index (χ4n) is 2.24. The first kappa shape index (κ1) is 16.2. The van der Waals surface area contributed by atoms with Crippen LogP contribution in [0.1, 0.15) is 29.7 Å². The molecule has 5 heteroatoms. The molecule has 2 aromatic rings. The molecule has 0 fully saturated rings. The van der Waals surface area contributed by atoms with Gasteiger partial charge in [-0.2, -0.15) is 5.10 Å². The van der Waals surface area contributed by atoms with Crippen molar-refractivity contribution in [3.63, 3.8) is 0 Å². The van der Waals surface area contributed by atoms with E-state index in [1.54, 1.807) is 6.20 Å². The smallest absolute Gasteiger partial charge is 0.234 e. The molecule has 0 saturated heterocycles. The first-order valence-electron chi connectivity index (χ1n) is 7.61. The normalized spacial score (nSPS) is 12.1. The van der Waals surface area contributed by atoms with Crippen LogP contribution in [0.2, 0.25) is 0 Å². The van der Waals surface area contributed by atoms with Crippen LogP contribution in [0, 0.1) is 13.8 Å². The van der Waals surface area contributed by atoms with Crippen LogP contribution in [0.5, 0.6) is 0 Å². The lowest BCUT2D eigenvalue weighted by Crippen LogP contribution is -2.36. The van der Waals surface area contributed by atoms with Crippen LogP contribution in [0.3, 0.4) is 0 Å². The molecule has 0 saturated carbocycles. The molecule has 1 amide bonds. The summed E-state index contributed by atoms with van der Waals surface area (Å²) in [6.07, 6.45) is 3.65. The van der Waals surface area contributed by atoms with E-state index in [4.69, 9.17) is 0 Å². The average molecular weight is 300 g/mol. The van der Waals surface area contributed by atoms with Gasteiger partial charge in [0.05, 0.1) is 19.1 Å². The molecule has 0 unspecified atom stereocenters. The summed E-state index contributed by atoms with van der Waals surface area (Å²) < 4.78 is 1.84. The number of benzene rings is 1. The lowest BCUT2D eigenvalue weighted by atomic mass is 10.0. The Morgan fingerprint density at radius 3 is 2.82 bits per heavy atom. The number of amides is 1. The molecule has 0 aliphatic carbocycles. The van der Waals surface area contributed by atoms with E-state index in [0.717, 1.165) is 12.1 Å². The minimum absolute atomic E-state index is 0.00573. The Bertz CT molecular complexity index is 607. The topological polar surface area (TPSA) is 59.0 Å². The molecular weight excluding hydrogens is 276 g/mol. The summed E-state index contributed by atoms with van der Waals surface area (Å²) in [6, 6.07) is 8.19. The number of rotatable bonds is 7. The molecule has 2 N–H and O–H groups in total. The molecule has 1 heterocycles. The lowest BCUT2D eigenvalue weighted by molar-refractivity contribution is -0.120. The van der Waals surface area contributed by atoms with Gasteiger partial charge in [0, 0.05) is 18.9 Å². The predicted octanol–water partition coefficient (Wildman–Crippen LogP) is 1.97. The first-order chi connectivity index (χ1) is 10.6. The van der Waals surface area contributed by atoms with Gasteiger partial charge in [0.2, 0.25) is 5.91 Å². The maximum absolute atomic E-state index is 11.9. The number of carbonyl (C=O) groups is 1. The SMILES string of the molecule is Cc1ccc([C@H](C)NC(=O)CNCCn2cccn2)cc1C. The predicted molar refractivity (Wildman–Crippen MR) is 87.6 cm³/mol. The molecule has 5 nitrogen and oxygen atoms in total. The summed E-state index contributed by atoms with van der Waals surface area (Å²) in [7, 11) is 0. The molecule has 0 bridgehead atoms. The largest absolute Gasteiger partial charge is 0.348 e. The van der Waals surface area contributed by atoms with Gasteiger partial charge < -0.3 is 10.6 Å². The van der Waals surface area contributed by atoms with Crippen LogP contribution < -0.4 is 10.6 Å². The molecule has 22 heavy (non-hydrogen) atoms. The van der Waals surface area contributed by atoms with Crippen molar-refractivity contribution in [1.82, 2.24) is 20.4 Å². The van der Waals surface area contributed by atoms with Crippen molar-refractivity contribution in [2.45, 2.75) is 33.4 Å². The highest BCUT2D eigenvalue weighted by molar-refractivity contribution is 5.78. The molecule has 0 aliphatic rings. The quantitative estimate of drug-likeness (QED) is 0.769. The molecule has 118 valence electrons. The second-order valence-electron chi connectivity index (χ2n) is 5.58. The van der Waals surface area contributed by atoms with Gasteiger partial charge in [0.25, 0.3) is 0 Å². The van der Waals surface area contributed by atoms with Crippen molar-refractivity contribution in [2.24, 2.45) is 0 Å². The van der Waals surface area contributed by atoms with Crippen LogP contribution >= 0.6 is 0 Å². The molecule has 0 spiro atoms. The van der Waals surface area contributed by atoms with Gasteiger partial charge >= 0.3 is 0 Å². The van der Waals surface area contributed by atoms with Crippen molar-refractivity contribution in [3.05, 3.63) is 53.3 Å². The standard InChI is InChI=1S/C17H24N4O/c1-13-5-6-16(11-14(13)2)15(3)20-17(22)12-18-8-10-21-9-4-7-19-21/h4-7,9,11,15,18H,8,10,12H2,1-3H3,(H,20,22)/t15-/m0/s1. The number of hydrogen-bond donors (Lipinski definition) is 2. The van der Waals surface area contributed by atoms with E-state index in [9.17, 15) is 4.79 Å². The van der Waals surface area contributed by atoms with Gasteiger partial charge in [-0.15, -0.1) is 0 Å². The summed E-state index contributed by atoms with van der Waals surface area (Å²) in [5, 5.41) is 10.3. The van der Waals surface area contributed by atoms with Crippen molar-refractivity contribution < 1.29 is 4.79 Å². The zero-order valence-corrected chi connectivity index (χ0v) is 13.5. The van der Waals surface area contributed by atoms with Gasteiger partial charge in [-0.3, -0.25) is 9.48 Å². The van der Waals surface area contributed by atoms with Crippen LogP contribution in [-0.2, 0) is 11.3 Å². The average Bonchev–Trinajstić information content (AvgIpc) is 2.99. The van der Waals surface area contributed by atoms with Crippen LogP contribution in [0.4, 0.5) is 0 Å². The van der Waals surface area contributed by atoms with Gasteiger partial charge in [0.15, 0.2) is 0 Å². The molecule has 1 aromatic heterocycles. The van der Waals surface area contributed by atoms with Crippen molar-refractivity contribution in [2.75, 3.05) is 13.1 Å². The van der Waals surface area contributed by atoms with E-state index in [0.29, 0.717) is 13.1 Å². The first-order valence-corrected chi connectivity index (χ1v) is 7.61. The number of nitrogens with one attached hydrogen (secondary N) is 2. The zero-order valence-electron chi connectivity index (χ0n) is 13.5. The van der Waals surface area contributed by atoms with Gasteiger partial charge in [-0.25, -0.2) is 0 Å². The third-order valence-corrected chi connectivity index (χ3v) is 3.77. The van der Waals surface area contributed by atoms with Crippen molar-refractivity contribution in [1.29, 1.82) is 0 Å². The molecule has 0 aliphatic heterocycles. The number of aromatic nitrogens is 2. The Morgan fingerprint density at radius 1 is 1.32 bits per heavy atom. The number of nitrogens with zero attached hydrogens (tertiary/aromatic N) is 2. The summed E-state index contributed by atoms with van der Waals surface area (Å²) in [5.41, 5.74) is 3.64. The molecule has 0 radical (unpaired) electrons. The highest BCUT2D eigenvalue weighted by Gasteiger charge is 2.09. The third kappa shape index (κ3) is 4.70. The second-order valence-corrected chi connectivity index (χ2v) is 5.58. The number of aryl methyl sites for hydroxylation is 2. The lowest BCUT2D eigenvalue weighted by Gasteiger charge is -2.16. The van der Waals surface area contributed by atoms with E-state index < -0.39 is 0 Å². The minimum Gasteiger partial charge on any atom is -0.348 e. The fraction of sp³-hybridized carbons (Fsp3) is 0.412. The monoisotopic (exact) mass is 300 g/mol. The summed E-state index contributed by atoms with van der Waals surface area (Å²) in [6.45, 7) is 7.97. The number of carbonyl (C=O) groups excluding carboxylic acids is 1.